The molecule has 0 aliphatic heterocycles. The second-order valence-corrected chi connectivity index (χ2v) is 6.93. The maximum absolute atomic E-state index is 13.5. The Morgan fingerprint density at radius 1 is 1.56 bits per heavy atom. The van der Waals surface area contributed by atoms with Crippen LogP contribution < -0.4 is 5.73 Å². The summed E-state index contributed by atoms with van der Waals surface area (Å²) in [6, 6.07) is 1.58. The Morgan fingerprint density at radius 2 is 2.12 bits per heavy atom. The summed E-state index contributed by atoms with van der Waals surface area (Å²) in [7, 11) is -3.26. The molecule has 0 aromatic heterocycles. The number of sulfone groups is 1. The smallest absolute Gasteiger partial charge is 0.149 e. The molecule has 0 heterocycles. The molecule has 0 aliphatic carbocycles. The van der Waals surface area contributed by atoms with Crippen LogP contribution in [0, 0.1) is 5.82 Å². The molecule has 0 bridgehead atoms. The Hall–Kier alpha value is -0.170. The summed E-state index contributed by atoms with van der Waals surface area (Å²) in [6.07, 6.45) is 1.05. The van der Waals surface area contributed by atoms with Crippen LogP contribution in [0.4, 0.5) is 4.39 Å². The second-order valence-electron chi connectivity index (χ2n) is 3.49. The Morgan fingerprint density at radius 3 is 2.62 bits per heavy atom. The summed E-state index contributed by atoms with van der Waals surface area (Å²) in [6.45, 7) is 0. The van der Waals surface area contributed by atoms with E-state index in [0.29, 0.717) is 9.50 Å². The lowest BCUT2D eigenvalue weighted by molar-refractivity contribution is 0.578. The Labute approximate surface area is 107 Å². The maximum atomic E-state index is 13.5. The lowest BCUT2D eigenvalue weighted by Gasteiger charge is -2.12. The first-order valence-corrected chi connectivity index (χ1v) is 7.51. The van der Waals surface area contributed by atoms with Crippen molar-refractivity contribution in [3.05, 3.63) is 33.0 Å². The van der Waals surface area contributed by atoms with Gasteiger partial charge in [-0.3, -0.25) is 0 Å². The molecule has 1 aromatic carbocycles. The predicted octanol–water partition coefficient (Wildman–Crippen LogP) is 2.29. The van der Waals surface area contributed by atoms with E-state index in [4.69, 9.17) is 17.3 Å². The highest BCUT2D eigenvalue weighted by Gasteiger charge is 2.18. The Bertz CT molecular complexity index is 506. The van der Waals surface area contributed by atoms with Crippen LogP contribution in [0.1, 0.15) is 11.6 Å². The van der Waals surface area contributed by atoms with Crippen LogP contribution in [0.15, 0.2) is 16.6 Å². The molecule has 2 N–H and O–H groups in total. The molecule has 0 saturated carbocycles. The molecule has 3 nitrogen and oxygen atoms in total. The second kappa shape index (κ2) is 5.00. The zero-order valence-electron chi connectivity index (χ0n) is 8.38. The van der Waals surface area contributed by atoms with Crippen molar-refractivity contribution in [1.82, 2.24) is 0 Å². The topological polar surface area (TPSA) is 60.2 Å². The highest BCUT2D eigenvalue weighted by Crippen LogP contribution is 2.28. The number of hydrogen-bond acceptors (Lipinski definition) is 3. The third kappa shape index (κ3) is 3.69. The summed E-state index contributed by atoms with van der Waals surface area (Å²) >= 11 is 8.84. The molecule has 1 aromatic rings. The van der Waals surface area contributed by atoms with Crippen molar-refractivity contribution >= 4 is 37.4 Å². The van der Waals surface area contributed by atoms with Crippen LogP contribution in [-0.4, -0.2) is 20.4 Å². The number of rotatable bonds is 3. The Balaban J connectivity index is 3.09. The van der Waals surface area contributed by atoms with E-state index >= 15 is 0 Å². The SMILES string of the molecule is CS(=O)(=O)CC(N)c1cc(Cl)c(Br)cc1F. The zero-order valence-corrected chi connectivity index (χ0v) is 11.5. The largest absolute Gasteiger partial charge is 0.323 e. The molecular formula is C9H10BrClFNO2S. The van der Waals surface area contributed by atoms with Gasteiger partial charge < -0.3 is 5.73 Å². The molecule has 0 amide bonds. The summed E-state index contributed by atoms with van der Waals surface area (Å²) < 4.78 is 36.0. The number of nitrogens with two attached hydrogens (primary N) is 1. The van der Waals surface area contributed by atoms with Crippen molar-refractivity contribution in [2.45, 2.75) is 6.04 Å². The standard InChI is InChI=1S/C9H10BrClFNO2S/c1-16(14,15)4-9(13)5-2-7(11)6(10)3-8(5)12/h2-3,9H,4,13H2,1H3. The van der Waals surface area contributed by atoms with E-state index in [0.717, 1.165) is 6.26 Å². The van der Waals surface area contributed by atoms with Crippen LogP contribution in [0.25, 0.3) is 0 Å². The predicted molar refractivity (Wildman–Crippen MR) is 65.7 cm³/mol. The van der Waals surface area contributed by atoms with Gasteiger partial charge >= 0.3 is 0 Å². The fourth-order valence-corrected chi connectivity index (χ4v) is 2.56. The molecule has 0 radical (unpaired) electrons. The van der Waals surface area contributed by atoms with Gasteiger partial charge in [-0.2, -0.15) is 0 Å². The third-order valence-electron chi connectivity index (χ3n) is 1.92. The lowest BCUT2D eigenvalue weighted by atomic mass is 10.1. The van der Waals surface area contributed by atoms with Gasteiger partial charge in [-0.15, -0.1) is 0 Å². The van der Waals surface area contributed by atoms with E-state index in [2.05, 4.69) is 15.9 Å². The van der Waals surface area contributed by atoms with E-state index in [1.165, 1.54) is 12.1 Å². The molecule has 1 rings (SSSR count). The first-order valence-electron chi connectivity index (χ1n) is 4.28. The summed E-state index contributed by atoms with van der Waals surface area (Å²) in [5.41, 5.74) is 5.70. The van der Waals surface area contributed by atoms with E-state index in [1.807, 2.05) is 0 Å². The van der Waals surface area contributed by atoms with E-state index < -0.39 is 21.7 Å². The van der Waals surface area contributed by atoms with Crippen molar-refractivity contribution in [2.75, 3.05) is 12.0 Å². The summed E-state index contributed by atoms with van der Waals surface area (Å²) in [5.74, 6) is -0.894. The summed E-state index contributed by atoms with van der Waals surface area (Å²) in [5, 5.41) is 0.292. The van der Waals surface area contributed by atoms with Crippen LogP contribution in [0.5, 0.6) is 0 Å². The average Bonchev–Trinajstić information content (AvgIpc) is 2.08. The summed E-state index contributed by atoms with van der Waals surface area (Å²) in [4.78, 5) is 0. The monoisotopic (exact) mass is 329 g/mol. The first-order chi connectivity index (χ1) is 7.20. The lowest BCUT2D eigenvalue weighted by Crippen LogP contribution is -2.22. The van der Waals surface area contributed by atoms with Crippen LogP contribution in [-0.2, 0) is 9.84 Å². The van der Waals surface area contributed by atoms with Crippen LogP contribution >= 0.6 is 27.5 Å². The quantitative estimate of drug-likeness (QED) is 0.865. The normalized spacial score (nSPS) is 13.8. The highest BCUT2D eigenvalue weighted by molar-refractivity contribution is 9.10. The number of benzene rings is 1. The Kier molecular flexibility index (Phi) is 4.34. The molecule has 0 fully saturated rings. The molecule has 7 heteroatoms. The first kappa shape index (κ1) is 13.9. The van der Waals surface area contributed by atoms with Gasteiger partial charge in [0.05, 0.1) is 10.8 Å². The molecule has 90 valence electrons. The minimum Gasteiger partial charge on any atom is -0.323 e. The minimum absolute atomic E-state index is 0.0959. The average molecular weight is 331 g/mol. The number of halogens is 3. The molecule has 0 saturated heterocycles. The van der Waals surface area contributed by atoms with Gasteiger partial charge in [0, 0.05) is 22.3 Å². The zero-order chi connectivity index (χ0) is 12.5. The van der Waals surface area contributed by atoms with Gasteiger partial charge in [0.1, 0.15) is 15.7 Å². The molecular weight excluding hydrogens is 321 g/mol. The third-order valence-corrected chi connectivity index (χ3v) is 4.08. The van der Waals surface area contributed by atoms with Crippen molar-refractivity contribution in [1.29, 1.82) is 0 Å². The minimum atomic E-state index is -3.26. The highest BCUT2D eigenvalue weighted by atomic mass is 79.9. The molecule has 1 unspecified atom stereocenters. The van der Waals surface area contributed by atoms with E-state index in [-0.39, 0.29) is 11.3 Å². The van der Waals surface area contributed by atoms with E-state index in [9.17, 15) is 12.8 Å². The molecule has 0 spiro atoms. The van der Waals surface area contributed by atoms with Crippen molar-refractivity contribution in [3.63, 3.8) is 0 Å². The number of hydrogen-bond donors (Lipinski definition) is 1. The fourth-order valence-electron chi connectivity index (χ4n) is 1.24. The van der Waals surface area contributed by atoms with Gasteiger partial charge in [0.15, 0.2) is 0 Å². The van der Waals surface area contributed by atoms with Crippen molar-refractivity contribution in [3.8, 4) is 0 Å². The van der Waals surface area contributed by atoms with Gasteiger partial charge in [-0.05, 0) is 28.1 Å². The van der Waals surface area contributed by atoms with Gasteiger partial charge in [-0.1, -0.05) is 11.6 Å². The van der Waals surface area contributed by atoms with Gasteiger partial charge in [0.2, 0.25) is 0 Å². The van der Waals surface area contributed by atoms with E-state index in [1.54, 1.807) is 0 Å². The van der Waals surface area contributed by atoms with Gasteiger partial charge in [-0.25, -0.2) is 12.8 Å². The fraction of sp³-hybridized carbons (Fsp3) is 0.333. The molecule has 16 heavy (non-hydrogen) atoms. The molecule has 0 aliphatic rings. The van der Waals surface area contributed by atoms with Gasteiger partial charge in [0.25, 0.3) is 0 Å². The molecule has 1 atom stereocenters. The van der Waals surface area contributed by atoms with Crippen LogP contribution in [0.2, 0.25) is 5.02 Å². The van der Waals surface area contributed by atoms with Crippen LogP contribution in [0.3, 0.4) is 0 Å². The van der Waals surface area contributed by atoms with Crippen molar-refractivity contribution in [2.24, 2.45) is 5.73 Å². The van der Waals surface area contributed by atoms with Crippen molar-refractivity contribution < 1.29 is 12.8 Å². The maximum Gasteiger partial charge on any atom is 0.149 e.